The maximum Gasteiger partial charge on any atom is 0.293 e. The zero-order valence-electron chi connectivity index (χ0n) is 16.1. The van der Waals surface area contributed by atoms with Crippen molar-refractivity contribution in [1.82, 2.24) is 10.2 Å². The average molecular weight is 376 g/mol. The van der Waals surface area contributed by atoms with Gasteiger partial charge < -0.3 is 15.1 Å². The van der Waals surface area contributed by atoms with E-state index in [0.717, 1.165) is 25.9 Å². The highest BCUT2D eigenvalue weighted by molar-refractivity contribution is 5.95. The molecule has 1 fully saturated rings. The summed E-state index contributed by atoms with van der Waals surface area (Å²) in [6, 6.07) is 4.61. The molecule has 27 heavy (non-hydrogen) atoms. The van der Waals surface area contributed by atoms with Gasteiger partial charge in [0.05, 0.1) is 4.92 Å². The molecule has 2 rings (SSSR count). The quantitative estimate of drug-likeness (QED) is 0.406. The van der Waals surface area contributed by atoms with Crippen molar-refractivity contribution < 1.29 is 14.5 Å². The van der Waals surface area contributed by atoms with Crippen molar-refractivity contribution in [2.45, 2.75) is 39.5 Å². The Morgan fingerprint density at radius 3 is 2.48 bits per heavy atom. The number of nitro groups is 1. The molecule has 0 unspecified atom stereocenters. The second kappa shape index (κ2) is 9.89. The molecule has 0 radical (unpaired) electrons. The zero-order chi connectivity index (χ0) is 19.8. The van der Waals surface area contributed by atoms with Gasteiger partial charge in [-0.25, -0.2) is 0 Å². The highest BCUT2D eigenvalue weighted by Gasteiger charge is 2.23. The molecule has 0 bridgehead atoms. The van der Waals surface area contributed by atoms with Crippen LogP contribution in [-0.2, 0) is 4.79 Å². The van der Waals surface area contributed by atoms with Gasteiger partial charge in [-0.3, -0.25) is 19.7 Å². The van der Waals surface area contributed by atoms with E-state index in [1.54, 1.807) is 17.0 Å². The molecule has 1 saturated heterocycles. The first-order valence-electron chi connectivity index (χ1n) is 9.57. The molecule has 1 heterocycles. The second-order valence-electron chi connectivity index (χ2n) is 6.58. The number of nitrogens with one attached hydrogen (secondary N) is 1. The van der Waals surface area contributed by atoms with Gasteiger partial charge in [-0.1, -0.05) is 0 Å². The zero-order valence-corrected chi connectivity index (χ0v) is 16.1. The van der Waals surface area contributed by atoms with Crippen LogP contribution in [0.2, 0.25) is 0 Å². The minimum atomic E-state index is -0.437. The van der Waals surface area contributed by atoms with Crippen LogP contribution < -0.4 is 10.2 Å². The molecule has 2 amide bonds. The van der Waals surface area contributed by atoms with Gasteiger partial charge in [0.2, 0.25) is 5.91 Å². The van der Waals surface area contributed by atoms with Gasteiger partial charge in [-0.15, -0.1) is 0 Å². The van der Waals surface area contributed by atoms with Crippen LogP contribution in [0, 0.1) is 10.1 Å². The third-order valence-corrected chi connectivity index (χ3v) is 4.85. The van der Waals surface area contributed by atoms with Crippen molar-refractivity contribution in [3.63, 3.8) is 0 Å². The van der Waals surface area contributed by atoms with E-state index in [4.69, 9.17) is 0 Å². The molecule has 0 spiro atoms. The molecule has 8 nitrogen and oxygen atoms in total. The fourth-order valence-electron chi connectivity index (χ4n) is 3.31. The first kappa shape index (κ1) is 20.7. The molecule has 1 N–H and O–H groups in total. The smallest absolute Gasteiger partial charge is 0.293 e. The molecular formula is C19H28N4O4. The fourth-order valence-corrected chi connectivity index (χ4v) is 3.31. The van der Waals surface area contributed by atoms with E-state index in [0.29, 0.717) is 38.2 Å². The lowest BCUT2D eigenvalue weighted by Crippen LogP contribution is -2.31. The molecule has 0 saturated carbocycles. The summed E-state index contributed by atoms with van der Waals surface area (Å²) in [6.45, 7) is 7.17. The summed E-state index contributed by atoms with van der Waals surface area (Å²) < 4.78 is 0. The number of amides is 2. The summed E-state index contributed by atoms with van der Waals surface area (Å²) in [4.78, 5) is 39.0. The average Bonchev–Trinajstić information content (AvgIpc) is 3.20. The molecule has 0 aromatic heterocycles. The first-order valence-corrected chi connectivity index (χ1v) is 9.57. The van der Waals surface area contributed by atoms with E-state index in [2.05, 4.69) is 5.32 Å². The monoisotopic (exact) mass is 376 g/mol. The molecule has 1 aliphatic rings. The van der Waals surface area contributed by atoms with Crippen molar-refractivity contribution in [1.29, 1.82) is 0 Å². The number of carbonyl (C=O) groups excluding carboxylic acids is 2. The van der Waals surface area contributed by atoms with Gasteiger partial charge in [-0.05, 0) is 45.2 Å². The van der Waals surface area contributed by atoms with Gasteiger partial charge in [0.1, 0.15) is 5.69 Å². The molecule has 0 atom stereocenters. The van der Waals surface area contributed by atoms with Crippen molar-refractivity contribution in [2.75, 3.05) is 37.6 Å². The molecule has 8 heteroatoms. The molecule has 0 aliphatic carbocycles. The minimum absolute atomic E-state index is 0.0405. The fraction of sp³-hybridized carbons (Fsp3) is 0.579. The Kier molecular flexibility index (Phi) is 7.57. The number of anilines is 1. The summed E-state index contributed by atoms with van der Waals surface area (Å²) in [7, 11) is 0. The van der Waals surface area contributed by atoms with Crippen LogP contribution in [0.25, 0.3) is 0 Å². The van der Waals surface area contributed by atoms with E-state index in [1.165, 1.54) is 6.07 Å². The summed E-state index contributed by atoms with van der Waals surface area (Å²) in [6.07, 6.45) is 2.95. The van der Waals surface area contributed by atoms with Crippen LogP contribution in [0.1, 0.15) is 49.9 Å². The maximum atomic E-state index is 12.3. The number of nitrogens with zero attached hydrogens (tertiary/aromatic N) is 3. The van der Waals surface area contributed by atoms with Crippen molar-refractivity contribution in [3.8, 4) is 0 Å². The van der Waals surface area contributed by atoms with E-state index in [1.807, 2.05) is 18.7 Å². The topological polar surface area (TPSA) is 95.8 Å². The standard InChI is InChI=1S/C19H28N4O4/c1-3-21(4-2)18(24)8-7-11-20-19(25)15-9-10-16(17(14-15)23(26)27)22-12-5-6-13-22/h9-10,14H,3-8,11-13H2,1-2H3,(H,20,25). The number of hydrogen-bond donors (Lipinski definition) is 1. The van der Waals surface area contributed by atoms with Gasteiger partial charge in [-0.2, -0.15) is 0 Å². The molecular weight excluding hydrogens is 348 g/mol. The Bertz CT molecular complexity index is 682. The van der Waals surface area contributed by atoms with Crippen LogP contribution >= 0.6 is 0 Å². The number of rotatable bonds is 9. The normalized spacial score (nSPS) is 13.5. The summed E-state index contributed by atoms with van der Waals surface area (Å²) >= 11 is 0. The van der Waals surface area contributed by atoms with Crippen molar-refractivity contribution in [3.05, 3.63) is 33.9 Å². The summed E-state index contributed by atoms with van der Waals surface area (Å²) in [5, 5.41) is 14.2. The first-order chi connectivity index (χ1) is 13.0. The van der Waals surface area contributed by atoms with E-state index < -0.39 is 4.92 Å². The highest BCUT2D eigenvalue weighted by atomic mass is 16.6. The lowest BCUT2D eigenvalue weighted by Gasteiger charge is -2.18. The highest BCUT2D eigenvalue weighted by Crippen LogP contribution is 2.31. The van der Waals surface area contributed by atoms with Gasteiger partial charge in [0.25, 0.3) is 11.6 Å². The third-order valence-electron chi connectivity index (χ3n) is 4.85. The Morgan fingerprint density at radius 2 is 1.89 bits per heavy atom. The minimum Gasteiger partial charge on any atom is -0.366 e. The van der Waals surface area contributed by atoms with E-state index in [-0.39, 0.29) is 23.1 Å². The van der Waals surface area contributed by atoms with Crippen LogP contribution in [0.5, 0.6) is 0 Å². The van der Waals surface area contributed by atoms with Crippen LogP contribution in [-0.4, -0.2) is 54.4 Å². The molecule has 1 aromatic carbocycles. The number of hydrogen-bond acceptors (Lipinski definition) is 5. The SMILES string of the molecule is CCN(CC)C(=O)CCCNC(=O)c1ccc(N2CCCC2)c([N+](=O)[O-])c1. The van der Waals surface area contributed by atoms with Gasteiger partial charge >= 0.3 is 0 Å². The molecule has 148 valence electrons. The van der Waals surface area contributed by atoms with E-state index >= 15 is 0 Å². The van der Waals surface area contributed by atoms with Crippen LogP contribution in [0.3, 0.4) is 0 Å². The van der Waals surface area contributed by atoms with Gasteiger partial charge in [0.15, 0.2) is 0 Å². The Balaban J connectivity index is 1.93. The lowest BCUT2D eigenvalue weighted by molar-refractivity contribution is -0.384. The van der Waals surface area contributed by atoms with Crippen molar-refractivity contribution >= 4 is 23.2 Å². The number of benzene rings is 1. The van der Waals surface area contributed by atoms with Gasteiger partial charge in [0, 0.05) is 50.8 Å². The lowest BCUT2D eigenvalue weighted by atomic mass is 10.1. The molecule has 1 aromatic rings. The predicted octanol–water partition coefficient (Wildman–Crippen LogP) is 2.57. The van der Waals surface area contributed by atoms with E-state index in [9.17, 15) is 19.7 Å². The summed E-state index contributed by atoms with van der Waals surface area (Å²) in [5.74, 6) is -0.291. The van der Waals surface area contributed by atoms with Crippen molar-refractivity contribution in [2.24, 2.45) is 0 Å². The summed E-state index contributed by atoms with van der Waals surface area (Å²) in [5.41, 5.74) is 0.792. The Hall–Kier alpha value is -2.64. The predicted molar refractivity (Wildman–Crippen MR) is 104 cm³/mol. The Morgan fingerprint density at radius 1 is 1.22 bits per heavy atom. The maximum absolute atomic E-state index is 12.3. The number of nitro benzene ring substituents is 1. The van der Waals surface area contributed by atoms with Crippen LogP contribution in [0.4, 0.5) is 11.4 Å². The number of carbonyl (C=O) groups is 2. The second-order valence-corrected chi connectivity index (χ2v) is 6.58. The largest absolute Gasteiger partial charge is 0.366 e. The Labute approximate surface area is 159 Å². The van der Waals surface area contributed by atoms with Crippen LogP contribution in [0.15, 0.2) is 18.2 Å². The molecule has 1 aliphatic heterocycles. The third kappa shape index (κ3) is 5.42.